The summed E-state index contributed by atoms with van der Waals surface area (Å²) >= 11 is 12.3. The number of methoxy groups -OCH3 is 1. The molecule has 0 saturated carbocycles. The molecule has 2 aromatic carbocycles. The first-order valence-corrected chi connectivity index (χ1v) is 10.5. The Balaban J connectivity index is 1.81. The molecule has 1 N–H and O–H groups in total. The Morgan fingerprint density at radius 2 is 1.63 bits per heavy atom. The largest absolute Gasteiger partial charge is 0.496 e. The van der Waals surface area contributed by atoms with Crippen molar-refractivity contribution in [1.82, 2.24) is 4.90 Å². The number of nitrogens with one attached hydrogen (secondary N) is 1. The lowest BCUT2D eigenvalue weighted by molar-refractivity contribution is -0.134. The van der Waals surface area contributed by atoms with Crippen LogP contribution < -0.4 is 15.0 Å². The number of rotatable bonds is 5. The molecule has 3 rings (SSSR count). The molecule has 1 aliphatic rings. The molecule has 0 aromatic heterocycles. The Hall–Kier alpha value is -2.44. The predicted octanol–water partition coefficient (Wildman–Crippen LogP) is 4.56. The minimum atomic E-state index is -0.341. The third-order valence-electron chi connectivity index (χ3n) is 5.04. The molecule has 1 fully saturated rings. The summed E-state index contributed by atoms with van der Waals surface area (Å²) in [6.45, 7) is 6.43. The highest BCUT2D eigenvalue weighted by atomic mass is 35.5. The van der Waals surface area contributed by atoms with E-state index in [1.54, 1.807) is 30.3 Å². The number of carbonyl (C=O) groups is 2. The van der Waals surface area contributed by atoms with Gasteiger partial charge in [-0.3, -0.25) is 9.59 Å². The molecule has 0 spiro atoms. The maximum Gasteiger partial charge on any atom is 0.259 e. The van der Waals surface area contributed by atoms with Gasteiger partial charge in [0.25, 0.3) is 5.91 Å². The Bertz CT molecular complexity index is 941. The molecule has 0 aliphatic carbocycles. The van der Waals surface area contributed by atoms with Gasteiger partial charge in [-0.25, -0.2) is 0 Å². The number of anilines is 2. The van der Waals surface area contributed by atoms with E-state index in [-0.39, 0.29) is 17.7 Å². The average Bonchev–Trinajstić information content (AvgIpc) is 2.73. The van der Waals surface area contributed by atoms with Gasteiger partial charge in [0, 0.05) is 42.1 Å². The van der Waals surface area contributed by atoms with Gasteiger partial charge in [0.15, 0.2) is 0 Å². The zero-order valence-electron chi connectivity index (χ0n) is 17.2. The highest BCUT2D eigenvalue weighted by molar-refractivity contribution is 6.31. The lowest BCUT2D eigenvalue weighted by Crippen LogP contribution is -2.50. The van der Waals surface area contributed by atoms with Gasteiger partial charge in [-0.2, -0.15) is 0 Å². The first kappa shape index (κ1) is 22.2. The number of hydrogen-bond acceptors (Lipinski definition) is 4. The quantitative estimate of drug-likeness (QED) is 0.726. The number of piperazine rings is 1. The van der Waals surface area contributed by atoms with E-state index in [0.717, 1.165) is 5.69 Å². The SMILES string of the molecule is COc1ccc(Cl)cc1C(=O)Nc1cc(Cl)ccc1N1CCN(C(=O)C(C)C)CC1. The summed E-state index contributed by atoms with van der Waals surface area (Å²) in [5.41, 5.74) is 1.78. The lowest BCUT2D eigenvalue weighted by Gasteiger charge is -2.37. The summed E-state index contributed by atoms with van der Waals surface area (Å²) in [5, 5.41) is 3.89. The molecule has 0 unspecified atom stereocenters. The number of hydrogen-bond donors (Lipinski definition) is 1. The first-order chi connectivity index (χ1) is 14.3. The Morgan fingerprint density at radius 1 is 1.00 bits per heavy atom. The van der Waals surface area contributed by atoms with Crippen molar-refractivity contribution in [3.8, 4) is 5.75 Å². The Kier molecular flexibility index (Phi) is 7.10. The summed E-state index contributed by atoms with van der Waals surface area (Å²) in [4.78, 5) is 29.2. The second kappa shape index (κ2) is 9.58. The number of ether oxygens (including phenoxy) is 1. The van der Waals surface area contributed by atoms with Crippen molar-refractivity contribution < 1.29 is 14.3 Å². The van der Waals surface area contributed by atoms with Crippen LogP contribution in [0.3, 0.4) is 0 Å². The van der Waals surface area contributed by atoms with Crippen molar-refractivity contribution in [1.29, 1.82) is 0 Å². The van der Waals surface area contributed by atoms with Gasteiger partial charge in [-0.05, 0) is 36.4 Å². The number of amides is 2. The summed E-state index contributed by atoms with van der Waals surface area (Å²) in [5.74, 6) is 0.231. The van der Waals surface area contributed by atoms with E-state index in [4.69, 9.17) is 27.9 Å². The monoisotopic (exact) mass is 449 g/mol. The number of benzene rings is 2. The van der Waals surface area contributed by atoms with E-state index in [0.29, 0.717) is 53.2 Å². The Morgan fingerprint density at radius 3 is 2.27 bits per heavy atom. The van der Waals surface area contributed by atoms with Crippen LogP contribution in [-0.4, -0.2) is 50.0 Å². The fourth-order valence-electron chi connectivity index (χ4n) is 3.46. The van der Waals surface area contributed by atoms with E-state index in [9.17, 15) is 9.59 Å². The third-order valence-corrected chi connectivity index (χ3v) is 5.51. The summed E-state index contributed by atoms with van der Waals surface area (Å²) < 4.78 is 5.29. The van der Waals surface area contributed by atoms with Crippen LogP contribution in [0, 0.1) is 5.92 Å². The molecule has 1 heterocycles. The van der Waals surface area contributed by atoms with Crippen LogP contribution in [0.2, 0.25) is 10.0 Å². The average molecular weight is 450 g/mol. The number of carbonyl (C=O) groups excluding carboxylic acids is 2. The van der Waals surface area contributed by atoms with Gasteiger partial charge in [0.2, 0.25) is 5.91 Å². The van der Waals surface area contributed by atoms with Crippen molar-refractivity contribution in [3.63, 3.8) is 0 Å². The van der Waals surface area contributed by atoms with Crippen molar-refractivity contribution in [2.45, 2.75) is 13.8 Å². The van der Waals surface area contributed by atoms with Crippen molar-refractivity contribution >= 4 is 46.4 Å². The normalized spacial score (nSPS) is 14.1. The zero-order chi connectivity index (χ0) is 21.8. The predicted molar refractivity (Wildman–Crippen MR) is 121 cm³/mol. The highest BCUT2D eigenvalue weighted by Crippen LogP contribution is 2.32. The first-order valence-electron chi connectivity index (χ1n) is 9.78. The van der Waals surface area contributed by atoms with Crippen LogP contribution in [0.1, 0.15) is 24.2 Å². The van der Waals surface area contributed by atoms with E-state index < -0.39 is 0 Å². The maximum atomic E-state index is 12.9. The second-order valence-electron chi connectivity index (χ2n) is 7.43. The molecular formula is C22H25Cl2N3O3. The van der Waals surface area contributed by atoms with Crippen LogP contribution in [0.5, 0.6) is 5.75 Å². The Labute approximate surface area is 186 Å². The highest BCUT2D eigenvalue weighted by Gasteiger charge is 2.25. The second-order valence-corrected chi connectivity index (χ2v) is 8.30. The fraction of sp³-hybridized carbons (Fsp3) is 0.364. The van der Waals surface area contributed by atoms with E-state index in [2.05, 4.69) is 10.2 Å². The third kappa shape index (κ3) is 4.99. The molecule has 1 saturated heterocycles. The zero-order valence-corrected chi connectivity index (χ0v) is 18.8. The summed E-state index contributed by atoms with van der Waals surface area (Å²) in [6, 6.07) is 10.3. The van der Waals surface area contributed by atoms with Crippen molar-refractivity contribution in [3.05, 3.63) is 52.0 Å². The maximum absolute atomic E-state index is 12.9. The van der Waals surface area contributed by atoms with Crippen LogP contribution in [0.4, 0.5) is 11.4 Å². The van der Waals surface area contributed by atoms with Gasteiger partial charge in [0.05, 0.1) is 24.0 Å². The molecule has 160 valence electrons. The number of nitrogens with zero attached hydrogens (tertiary/aromatic N) is 2. The molecule has 0 bridgehead atoms. The lowest BCUT2D eigenvalue weighted by atomic mass is 10.1. The van der Waals surface area contributed by atoms with Crippen LogP contribution in [0.15, 0.2) is 36.4 Å². The summed E-state index contributed by atoms with van der Waals surface area (Å²) in [6.07, 6.45) is 0. The molecule has 30 heavy (non-hydrogen) atoms. The molecule has 6 nitrogen and oxygen atoms in total. The topological polar surface area (TPSA) is 61.9 Å². The number of halogens is 2. The smallest absolute Gasteiger partial charge is 0.259 e. The molecular weight excluding hydrogens is 425 g/mol. The van der Waals surface area contributed by atoms with Gasteiger partial charge >= 0.3 is 0 Å². The van der Waals surface area contributed by atoms with E-state index in [1.165, 1.54) is 7.11 Å². The standard InChI is InChI=1S/C22H25Cl2N3O3/c1-14(2)22(29)27-10-8-26(9-11-27)19-6-4-16(24)13-18(19)25-21(28)17-12-15(23)5-7-20(17)30-3/h4-7,12-14H,8-11H2,1-3H3,(H,25,28). The van der Waals surface area contributed by atoms with Crippen molar-refractivity contribution in [2.24, 2.45) is 5.92 Å². The molecule has 2 aromatic rings. The van der Waals surface area contributed by atoms with Gasteiger partial charge < -0.3 is 19.9 Å². The van der Waals surface area contributed by atoms with Gasteiger partial charge in [0.1, 0.15) is 5.75 Å². The molecule has 2 amide bonds. The van der Waals surface area contributed by atoms with Crippen molar-refractivity contribution in [2.75, 3.05) is 43.5 Å². The van der Waals surface area contributed by atoms with Gasteiger partial charge in [-0.1, -0.05) is 37.0 Å². The minimum Gasteiger partial charge on any atom is -0.496 e. The molecule has 0 atom stereocenters. The van der Waals surface area contributed by atoms with Crippen LogP contribution >= 0.6 is 23.2 Å². The van der Waals surface area contributed by atoms with Crippen LogP contribution in [0.25, 0.3) is 0 Å². The van der Waals surface area contributed by atoms with Gasteiger partial charge in [-0.15, -0.1) is 0 Å². The van der Waals surface area contributed by atoms with Crippen LogP contribution in [-0.2, 0) is 4.79 Å². The van der Waals surface area contributed by atoms with E-state index in [1.807, 2.05) is 24.8 Å². The summed E-state index contributed by atoms with van der Waals surface area (Å²) in [7, 11) is 1.50. The molecule has 0 radical (unpaired) electrons. The molecule has 8 heteroatoms. The van der Waals surface area contributed by atoms with E-state index >= 15 is 0 Å². The fourth-order valence-corrected chi connectivity index (χ4v) is 3.81. The minimum absolute atomic E-state index is 0.0189. The molecule has 1 aliphatic heterocycles.